The first-order valence-electron chi connectivity index (χ1n) is 10.8. The number of hydrogen-bond acceptors (Lipinski definition) is 7. The number of carbonyl (C=O) groups is 1. The number of nitrogens with two attached hydrogens (primary N) is 1. The summed E-state index contributed by atoms with van der Waals surface area (Å²) in [6, 6.07) is 11.6. The number of primary amides is 1. The molecule has 4 rings (SSSR count). The molecule has 0 saturated heterocycles. The molecule has 1 saturated carbocycles. The molecule has 2 aromatic heterocycles. The molecule has 1 fully saturated rings. The molecule has 1 aliphatic rings. The second-order valence-electron chi connectivity index (χ2n) is 8.28. The predicted molar refractivity (Wildman–Crippen MR) is 122 cm³/mol. The van der Waals surface area contributed by atoms with E-state index in [-0.39, 0.29) is 22.4 Å². The molecule has 3 N–H and O–H groups in total. The fourth-order valence-electron chi connectivity index (χ4n) is 4.06. The Bertz CT molecular complexity index is 1310. The van der Waals surface area contributed by atoms with Gasteiger partial charge in [-0.25, -0.2) is 8.42 Å². The molecule has 0 bridgehead atoms. The molecule has 184 valence electrons. The van der Waals surface area contributed by atoms with Crippen LogP contribution in [0.5, 0.6) is 0 Å². The van der Waals surface area contributed by atoms with E-state index in [1.54, 1.807) is 24.3 Å². The number of aromatic nitrogens is 3. The lowest BCUT2D eigenvalue weighted by molar-refractivity contribution is -0.141. The van der Waals surface area contributed by atoms with Crippen LogP contribution in [0.2, 0.25) is 0 Å². The summed E-state index contributed by atoms with van der Waals surface area (Å²) < 4.78 is 64.2. The van der Waals surface area contributed by atoms with Gasteiger partial charge in [0.15, 0.2) is 15.5 Å². The average molecular weight is 506 g/mol. The van der Waals surface area contributed by atoms with E-state index in [0.717, 1.165) is 11.6 Å². The van der Waals surface area contributed by atoms with Crippen molar-refractivity contribution in [3.63, 3.8) is 0 Å². The number of amides is 1. The number of hydrogen-bond donors (Lipinski definition) is 2. The fraction of sp³-hybridized carbons (Fsp3) is 0.304. The number of halogens is 3. The second kappa shape index (κ2) is 9.61. The van der Waals surface area contributed by atoms with Crippen molar-refractivity contribution >= 4 is 21.6 Å². The van der Waals surface area contributed by atoms with Crippen molar-refractivity contribution in [1.82, 2.24) is 15.2 Å². The van der Waals surface area contributed by atoms with Crippen molar-refractivity contribution < 1.29 is 26.4 Å². The van der Waals surface area contributed by atoms with E-state index >= 15 is 0 Å². The Kier molecular flexibility index (Phi) is 6.75. The van der Waals surface area contributed by atoms with Crippen LogP contribution in [0.1, 0.15) is 41.9 Å². The Labute approximate surface area is 199 Å². The second-order valence-corrected chi connectivity index (χ2v) is 10.5. The minimum atomic E-state index is -4.55. The molecule has 0 spiro atoms. The van der Waals surface area contributed by atoms with E-state index in [0.29, 0.717) is 31.2 Å². The zero-order valence-electron chi connectivity index (χ0n) is 18.4. The minimum absolute atomic E-state index is 0.110. The number of nitrogens with one attached hydrogen (secondary N) is 1. The first-order chi connectivity index (χ1) is 16.5. The molecule has 12 heteroatoms. The van der Waals surface area contributed by atoms with Crippen LogP contribution in [0.25, 0.3) is 11.1 Å². The van der Waals surface area contributed by atoms with Crippen molar-refractivity contribution in [2.75, 3.05) is 5.32 Å². The number of benzene rings is 1. The topological polar surface area (TPSA) is 128 Å². The van der Waals surface area contributed by atoms with E-state index in [1.165, 1.54) is 24.4 Å². The van der Waals surface area contributed by atoms with Gasteiger partial charge in [-0.15, -0.1) is 10.2 Å². The van der Waals surface area contributed by atoms with Gasteiger partial charge in [0.1, 0.15) is 11.5 Å². The Balaban J connectivity index is 1.39. The van der Waals surface area contributed by atoms with Gasteiger partial charge in [0.25, 0.3) is 5.91 Å². The molecule has 3 aromatic rings. The maximum Gasteiger partial charge on any atom is 0.435 e. The first kappa shape index (κ1) is 24.6. The fourth-order valence-corrected chi connectivity index (χ4v) is 5.85. The van der Waals surface area contributed by atoms with Gasteiger partial charge in [0.05, 0.1) is 10.1 Å². The van der Waals surface area contributed by atoms with Crippen molar-refractivity contribution in [1.29, 1.82) is 0 Å². The Morgan fingerprint density at radius 3 is 2.20 bits per heavy atom. The van der Waals surface area contributed by atoms with Crippen molar-refractivity contribution in [3.8, 4) is 11.1 Å². The van der Waals surface area contributed by atoms with Crippen LogP contribution in [0.15, 0.2) is 59.6 Å². The first-order valence-corrected chi connectivity index (χ1v) is 12.4. The van der Waals surface area contributed by atoms with Crippen LogP contribution in [-0.2, 0) is 16.0 Å². The predicted octanol–water partition coefficient (Wildman–Crippen LogP) is 3.85. The lowest BCUT2D eigenvalue weighted by Crippen LogP contribution is -2.33. The third kappa shape index (κ3) is 5.59. The molecular formula is C23H22F3N5O3S. The van der Waals surface area contributed by atoms with Crippen LogP contribution in [-0.4, -0.2) is 40.8 Å². The van der Waals surface area contributed by atoms with Gasteiger partial charge in [-0.05, 0) is 73.2 Å². The highest BCUT2D eigenvalue weighted by Gasteiger charge is 2.34. The third-order valence-electron chi connectivity index (χ3n) is 5.95. The SMILES string of the molecule is NC(=O)c1cc(-c2ccc(S(=O)(=O)[C@H]3CC[C@H](Nc4ccc(C(F)(F)F)nn4)CC3)cc2)ccn1. The van der Waals surface area contributed by atoms with Gasteiger partial charge >= 0.3 is 6.18 Å². The van der Waals surface area contributed by atoms with Gasteiger partial charge < -0.3 is 11.1 Å². The van der Waals surface area contributed by atoms with Crippen molar-refractivity contribution in [2.24, 2.45) is 5.73 Å². The number of alkyl halides is 3. The molecule has 1 aromatic carbocycles. The van der Waals surface area contributed by atoms with E-state index in [4.69, 9.17) is 5.73 Å². The number of rotatable bonds is 6. The average Bonchev–Trinajstić information content (AvgIpc) is 2.84. The molecule has 0 aliphatic heterocycles. The quantitative estimate of drug-likeness (QED) is 0.521. The number of nitrogens with zero attached hydrogens (tertiary/aromatic N) is 3. The normalized spacial score (nSPS) is 18.7. The summed E-state index contributed by atoms with van der Waals surface area (Å²) in [7, 11) is -3.57. The molecule has 0 unspecified atom stereocenters. The number of carbonyl (C=O) groups excluding carboxylic acids is 1. The van der Waals surface area contributed by atoms with Crippen LogP contribution < -0.4 is 11.1 Å². The molecule has 2 heterocycles. The monoisotopic (exact) mass is 505 g/mol. The lowest BCUT2D eigenvalue weighted by atomic mass is 9.95. The highest BCUT2D eigenvalue weighted by molar-refractivity contribution is 7.92. The van der Waals surface area contributed by atoms with Crippen LogP contribution in [0.4, 0.5) is 19.0 Å². The van der Waals surface area contributed by atoms with E-state index in [9.17, 15) is 26.4 Å². The van der Waals surface area contributed by atoms with Crippen LogP contribution >= 0.6 is 0 Å². The van der Waals surface area contributed by atoms with Gasteiger partial charge in [-0.3, -0.25) is 9.78 Å². The number of sulfone groups is 1. The zero-order valence-corrected chi connectivity index (χ0v) is 19.2. The smallest absolute Gasteiger partial charge is 0.366 e. The Morgan fingerprint density at radius 2 is 1.63 bits per heavy atom. The molecular weight excluding hydrogens is 483 g/mol. The molecule has 8 nitrogen and oxygen atoms in total. The molecule has 0 radical (unpaired) electrons. The summed E-state index contributed by atoms with van der Waals surface area (Å²) in [4.78, 5) is 15.5. The summed E-state index contributed by atoms with van der Waals surface area (Å²) in [6.07, 6.45) is -1.23. The van der Waals surface area contributed by atoms with Crippen molar-refractivity contribution in [3.05, 3.63) is 66.1 Å². The molecule has 1 amide bonds. The number of pyridine rings is 1. The van der Waals surface area contributed by atoms with E-state index in [1.807, 2.05) is 0 Å². The molecule has 0 atom stereocenters. The van der Waals surface area contributed by atoms with Gasteiger partial charge in [-0.1, -0.05) is 12.1 Å². The summed E-state index contributed by atoms with van der Waals surface area (Å²) in [6.45, 7) is 0. The number of anilines is 1. The third-order valence-corrected chi connectivity index (χ3v) is 8.23. The zero-order chi connectivity index (χ0) is 25.2. The highest BCUT2D eigenvalue weighted by Crippen LogP contribution is 2.32. The summed E-state index contributed by atoms with van der Waals surface area (Å²) in [5.41, 5.74) is 5.73. The van der Waals surface area contributed by atoms with Crippen LogP contribution in [0.3, 0.4) is 0 Å². The molecule has 35 heavy (non-hydrogen) atoms. The summed E-state index contributed by atoms with van der Waals surface area (Å²) in [5.74, 6) is -0.433. The van der Waals surface area contributed by atoms with Gasteiger partial charge in [-0.2, -0.15) is 13.2 Å². The summed E-state index contributed by atoms with van der Waals surface area (Å²) in [5, 5.41) is 9.24. The largest absolute Gasteiger partial charge is 0.435 e. The Morgan fingerprint density at radius 1 is 0.943 bits per heavy atom. The van der Waals surface area contributed by atoms with Crippen molar-refractivity contribution in [2.45, 2.75) is 48.0 Å². The Hall–Kier alpha value is -3.54. The summed E-state index contributed by atoms with van der Waals surface area (Å²) >= 11 is 0. The molecule has 1 aliphatic carbocycles. The highest BCUT2D eigenvalue weighted by atomic mass is 32.2. The maximum atomic E-state index is 13.2. The maximum absolute atomic E-state index is 13.2. The van der Waals surface area contributed by atoms with E-state index < -0.39 is 32.9 Å². The van der Waals surface area contributed by atoms with E-state index in [2.05, 4.69) is 20.5 Å². The lowest BCUT2D eigenvalue weighted by Gasteiger charge is -2.29. The van der Waals surface area contributed by atoms with Gasteiger partial charge in [0.2, 0.25) is 0 Å². The minimum Gasteiger partial charge on any atom is -0.366 e. The standard InChI is InChI=1S/C23H22F3N5O3S/c24-23(25,26)20-9-10-21(31-30-20)29-16-3-7-18(8-4-16)35(33,34)17-5-1-14(2-6-17)15-11-12-28-19(13-15)22(27)32/h1-2,5-6,9-13,16,18H,3-4,7-8H2,(H2,27,32)(H,29,31)/t16-,18-. The van der Waals surface area contributed by atoms with Crippen LogP contribution in [0, 0.1) is 0 Å². The van der Waals surface area contributed by atoms with Gasteiger partial charge in [0, 0.05) is 12.2 Å².